The summed E-state index contributed by atoms with van der Waals surface area (Å²) in [5.41, 5.74) is 5.32. The monoisotopic (exact) mass is 188 g/mol. The van der Waals surface area contributed by atoms with E-state index in [1.54, 1.807) is 0 Å². The first-order chi connectivity index (χ1) is 5.41. The molecule has 0 saturated carbocycles. The number of hydrogen-bond acceptors (Lipinski definition) is 4. The molecule has 0 aliphatic rings. The molecule has 12 heavy (non-hydrogen) atoms. The van der Waals surface area contributed by atoms with Gasteiger partial charge in [-0.15, -0.1) is 0 Å². The molecule has 0 aliphatic carbocycles. The van der Waals surface area contributed by atoms with Gasteiger partial charge in [0.05, 0.1) is 4.90 Å². The van der Waals surface area contributed by atoms with Crippen LogP contribution in [0.5, 0.6) is 5.75 Å². The highest BCUT2D eigenvalue weighted by Crippen LogP contribution is 2.21. The van der Waals surface area contributed by atoms with Gasteiger partial charge in [-0.1, -0.05) is 11.8 Å². The summed E-state index contributed by atoms with van der Waals surface area (Å²) >= 11 is 0. The molecule has 0 spiro atoms. The second-order valence-electron chi connectivity index (χ2n) is 2.18. The molecule has 0 atom stereocenters. The van der Waals surface area contributed by atoms with Crippen LogP contribution in [0.1, 0.15) is 0 Å². The molecule has 3 N–H and O–H groups in total. The average molecular weight is 188 g/mol. The molecular formula is C6H6NO4S-. The van der Waals surface area contributed by atoms with Gasteiger partial charge in [-0.2, -0.15) is 8.42 Å². The standard InChI is InChI=1S/C6H7NO4S/c7-4-1-2-5(8)6(3-4)12(9,10)11/h1-3,8H,7H2,(H,9,10,11)/p-1. The van der Waals surface area contributed by atoms with Crippen molar-refractivity contribution >= 4 is 15.8 Å². The Kier molecular flexibility index (Phi) is 1.95. The van der Waals surface area contributed by atoms with Crippen molar-refractivity contribution in [1.82, 2.24) is 0 Å². The molecule has 1 aromatic carbocycles. The van der Waals surface area contributed by atoms with Crippen LogP contribution in [0.3, 0.4) is 0 Å². The summed E-state index contributed by atoms with van der Waals surface area (Å²) in [5.74, 6) is -0.772. The number of nitrogen functional groups attached to an aromatic ring is 1. The van der Waals surface area contributed by atoms with Crippen LogP contribution in [0.4, 0.5) is 5.69 Å². The molecule has 0 unspecified atom stereocenters. The van der Waals surface area contributed by atoms with E-state index >= 15 is 0 Å². The maximum Gasteiger partial charge on any atom is 0.293 e. The second-order valence-corrected chi connectivity index (χ2v) is 3.57. The minimum absolute atomic E-state index is 0.113. The van der Waals surface area contributed by atoms with Gasteiger partial charge >= 0.3 is 0 Å². The Morgan fingerprint density at radius 1 is 1.42 bits per heavy atom. The number of hydrogen-bond donors (Lipinski definition) is 2. The number of rotatable bonds is 1. The fourth-order valence-corrected chi connectivity index (χ4v) is 1.33. The molecule has 0 heterocycles. The van der Waals surface area contributed by atoms with Crippen molar-refractivity contribution in [3.8, 4) is 5.75 Å². The predicted octanol–water partition coefficient (Wildman–Crippen LogP) is -0.411. The summed E-state index contributed by atoms with van der Waals surface area (Å²) in [5, 5.41) is 10.8. The lowest BCUT2D eigenvalue weighted by Crippen LogP contribution is -2.04. The summed E-state index contributed by atoms with van der Waals surface area (Å²) in [4.78, 5) is -0.692. The molecule has 0 aliphatic heterocycles. The van der Waals surface area contributed by atoms with Gasteiger partial charge in [0.25, 0.3) is 10.1 Å². The van der Waals surface area contributed by atoms with Crippen LogP contribution in [0.25, 0.3) is 0 Å². The fourth-order valence-electron chi connectivity index (χ4n) is 0.726. The highest BCUT2D eigenvalue weighted by molar-refractivity contribution is 7.86. The zero-order valence-corrected chi connectivity index (χ0v) is 6.71. The molecular weight excluding hydrogens is 182 g/mol. The largest absolute Gasteiger partial charge is 0.872 e. The van der Waals surface area contributed by atoms with E-state index in [-0.39, 0.29) is 5.69 Å². The molecule has 0 radical (unpaired) electrons. The summed E-state index contributed by atoms with van der Waals surface area (Å²) in [7, 11) is -4.45. The lowest BCUT2D eigenvalue weighted by Gasteiger charge is -2.10. The molecule has 0 saturated heterocycles. The maximum atomic E-state index is 10.8. The Morgan fingerprint density at radius 2 is 2.00 bits per heavy atom. The van der Waals surface area contributed by atoms with Crippen molar-refractivity contribution in [2.75, 3.05) is 5.73 Å². The molecule has 0 bridgehead atoms. The smallest absolute Gasteiger partial charge is 0.293 e. The number of benzene rings is 1. The fraction of sp³-hybridized carbons (Fsp3) is 0. The van der Waals surface area contributed by atoms with Crippen LogP contribution >= 0.6 is 0 Å². The summed E-state index contributed by atoms with van der Waals surface area (Å²) in [6.07, 6.45) is 0. The van der Waals surface area contributed by atoms with Crippen LogP contribution in [0, 0.1) is 0 Å². The molecule has 66 valence electrons. The first-order valence-electron chi connectivity index (χ1n) is 2.95. The van der Waals surface area contributed by atoms with E-state index in [0.29, 0.717) is 0 Å². The van der Waals surface area contributed by atoms with E-state index in [0.717, 1.165) is 12.1 Å². The summed E-state index contributed by atoms with van der Waals surface area (Å²) in [6.45, 7) is 0. The van der Waals surface area contributed by atoms with Crippen molar-refractivity contribution in [2.45, 2.75) is 4.90 Å². The van der Waals surface area contributed by atoms with Crippen molar-refractivity contribution in [2.24, 2.45) is 0 Å². The van der Waals surface area contributed by atoms with Crippen molar-refractivity contribution in [1.29, 1.82) is 0 Å². The van der Waals surface area contributed by atoms with Crippen LogP contribution in [-0.2, 0) is 10.1 Å². The normalized spacial score (nSPS) is 11.4. The highest BCUT2D eigenvalue weighted by Gasteiger charge is 2.09. The Labute approximate surface area is 69.2 Å². The van der Waals surface area contributed by atoms with Gasteiger partial charge in [0, 0.05) is 5.69 Å². The Hall–Kier alpha value is -1.27. The maximum absolute atomic E-state index is 10.8. The van der Waals surface area contributed by atoms with Gasteiger partial charge < -0.3 is 10.8 Å². The molecule has 0 amide bonds. The van der Waals surface area contributed by atoms with Crippen molar-refractivity contribution in [3.63, 3.8) is 0 Å². The van der Waals surface area contributed by atoms with E-state index < -0.39 is 20.8 Å². The van der Waals surface area contributed by atoms with Crippen LogP contribution < -0.4 is 10.8 Å². The van der Waals surface area contributed by atoms with Gasteiger partial charge in [0.15, 0.2) is 0 Å². The van der Waals surface area contributed by atoms with E-state index in [1.807, 2.05) is 0 Å². The molecule has 6 heteroatoms. The minimum atomic E-state index is -4.45. The van der Waals surface area contributed by atoms with E-state index in [1.165, 1.54) is 6.07 Å². The third kappa shape index (κ3) is 1.66. The first kappa shape index (κ1) is 8.82. The third-order valence-corrected chi connectivity index (χ3v) is 2.12. The molecule has 0 aromatic heterocycles. The highest BCUT2D eigenvalue weighted by atomic mass is 32.2. The Bertz CT molecular complexity index is 398. The Balaban J connectivity index is 3.43. The molecule has 1 rings (SSSR count). The van der Waals surface area contributed by atoms with Crippen LogP contribution in [-0.4, -0.2) is 13.0 Å². The lowest BCUT2D eigenvalue weighted by atomic mass is 10.3. The first-order valence-corrected chi connectivity index (χ1v) is 4.39. The zero-order chi connectivity index (χ0) is 9.35. The van der Waals surface area contributed by atoms with Crippen LogP contribution in [0.2, 0.25) is 0 Å². The van der Waals surface area contributed by atoms with Gasteiger partial charge in [0.1, 0.15) is 0 Å². The second kappa shape index (κ2) is 2.65. The number of nitrogens with two attached hydrogens (primary N) is 1. The third-order valence-electron chi connectivity index (χ3n) is 1.25. The van der Waals surface area contributed by atoms with E-state index in [4.69, 9.17) is 10.3 Å². The van der Waals surface area contributed by atoms with Gasteiger partial charge in [-0.05, 0) is 12.1 Å². The minimum Gasteiger partial charge on any atom is -0.872 e. The SMILES string of the molecule is Nc1ccc([O-])c(S(=O)(=O)O)c1. The average Bonchev–Trinajstić information content (AvgIpc) is 1.92. The summed E-state index contributed by atoms with van der Waals surface area (Å²) < 4.78 is 29.5. The van der Waals surface area contributed by atoms with Crippen LogP contribution in [0.15, 0.2) is 23.1 Å². The topological polar surface area (TPSA) is 103 Å². The van der Waals surface area contributed by atoms with E-state index in [2.05, 4.69) is 0 Å². The molecule has 5 nitrogen and oxygen atoms in total. The van der Waals surface area contributed by atoms with Gasteiger partial charge in [-0.3, -0.25) is 4.55 Å². The van der Waals surface area contributed by atoms with Crippen molar-refractivity contribution < 1.29 is 18.1 Å². The Morgan fingerprint density at radius 3 is 2.42 bits per heavy atom. The van der Waals surface area contributed by atoms with Gasteiger partial charge in [-0.25, -0.2) is 0 Å². The summed E-state index contributed by atoms with van der Waals surface area (Å²) in [6, 6.07) is 3.16. The molecule has 1 aromatic rings. The van der Waals surface area contributed by atoms with Crippen molar-refractivity contribution in [3.05, 3.63) is 18.2 Å². The zero-order valence-electron chi connectivity index (χ0n) is 5.89. The predicted molar refractivity (Wildman–Crippen MR) is 40.1 cm³/mol. The van der Waals surface area contributed by atoms with E-state index in [9.17, 15) is 13.5 Å². The quantitative estimate of drug-likeness (QED) is 0.460. The number of anilines is 1. The molecule has 0 fully saturated rings. The van der Waals surface area contributed by atoms with Gasteiger partial charge in [0.2, 0.25) is 0 Å². The lowest BCUT2D eigenvalue weighted by molar-refractivity contribution is -0.272.